The van der Waals surface area contributed by atoms with Crippen molar-refractivity contribution in [3.63, 3.8) is 0 Å². The molecule has 0 unspecified atom stereocenters. The van der Waals surface area contributed by atoms with Crippen LogP contribution in [0.25, 0.3) is 0 Å². The van der Waals surface area contributed by atoms with Crippen molar-refractivity contribution in [1.29, 1.82) is 0 Å². The minimum Gasteiger partial charge on any atom is -0.380 e. The summed E-state index contributed by atoms with van der Waals surface area (Å²) in [7, 11) is 1.75. The van der Waals surface area contributed by atoms with Crippen molar-refractivity contribution in [1.82, 2.24) is 10.3 Å². The van der Waals surface area contributed by atoms with Gasteiger partial charge in [-0.15, -0.1) is 0 Å². The van der Waals surface area contributed by atoms with Gasteiger partial charge in [-0.3, -0.25) is 0 Å². The third-order valence-electron chi connectivity index (χ3n) is 4.27. The van der Waals surface area contributed by atoms with Gasteiger partial charge in [0.2, 0.25) is 0 Å². The summed E-state index contributed by atoms with van der Waals surface area (Å²) in [5, 5.41) is 3.52. The molecule has 0 bridgehead atoms. The Morgan fingerprint density at radius 2 is 2.32 bits per heavy atom. The number of nitrogens with zero attached hydrogens (tertiary/aromatic N) is 2. The van der Waals surface area contributed by atoms with Gasteiger partial charge in [0, 0.05) is 38.0 Å². The van der Waals surface area contributed by atoms with Crippen LogP contribution >= 0.6 is 0 Å². The first-order chi connectivity index (χ1) is 9.24. The molecule has 3 rings (SSSR count). The predicted octanol–water partition coefficient (Wildman–Crippen LogP) is 1.51. The number of hydrogen-bond acceptors (Lipinski definition) is 4. The van der Waals surface area contributed by atoms with Crippen molar-refractivity contribution in [2.45, 2.75) is 45.4 Å². The maximum absolute atomic E-state index is 5.30. The number of aromatic nitrogens is 1. The van der Waals surface area contributed by atoms with E-state index in [4.69, 9.17) is 9.72 Å². The number of fused-ring (bicyclic) bond motifs is 3. The highest BCUT2D eigenvalue weighted by atomic mass is 16.5. The van der Waals surface area contributed by atoms with Crippen LogP contribution in [0.3, 0.4) is 0 Å². The Labute approximate surface area is 115 Å². The van der Waals surface area contributed by atoms with Gasteiger partial charge in [0.1, 0.15) is 5.82 Å². The highest BCUT2D eigenvalue weighted by molar-refractivity contribution is 5.57. The lowest BCUT2D eigenvalue weighted by Gasteiger charge is -2.37. The van der Waals surface area contributed by atoms with Crippen molar-refractivity contribution < 1.29 is 4.74 Å². The van der Waals surface area contributed by atoms with Crippen LogP contribution < -0.4 is 10.2 Å². The first-order valence-electron chi connectivity index (χ1n) is 7.24. The van der Waals surface area contributed by atoms with Crippen LogP contribution in [0.15, 0.2) is 6.07 Å². The van der Waals surface area contributed by atoms with E-state index in [2.05, 4.69) is 30.1 Å². The third-order valence-corrected chi connectivity index (χ3v) is 4.27. The number of anilines is 1. The highest BCUT2D eigenvalue weighted by Gasteiger charge is 2.36. The second kappa shape index (κ2) is 5.10. The van der Waals surface area contributed by atoms with Gasteiger partial charge in [-0.2, -0.15) is 0 Å². The Kier molecular flexibility index (Phi) is 3.46. The topological polar surface area (TPSA) is 37.4 Å². The van der Waals surface area contributed by atoms with Crippen LogP contribution in [0.1, 0.15) is 30.7 Å². The van der Waals surface area contributed by atoms with Crippen molar-refractivity contribution >= 4 is 5.82 Å². The molecule has 4 nitrogen and oxygen atoms in total. The number of pyridine rings is 1. The molecule has 4 heteroatoms. The van der Waals surface area contributed by atoms with E-state index in [-0.39, 0.29) is 0 Å². The van der Waals surface area contributed by atoms with Gasteiger partial charge >= 0.3 is 0 Å². The zero-order valence-electron chi connectivity index (χ0n) is 12.1. The summed E-state index contributed by atoms with van der Waals surface area (Å²) >= 11 is 0. The molecule has 1 fully saturated rings. The fourth-order valence-corrected chi connectivity index (χ4v) is 3.41. The number of aryl methyl sites for hydroxylation is 1. The quantitative estimate of drug-likeness (QED) is 0.895. The van der Waals surface area contributed by atoms with Crippen LogP contribution in [0.4, 0.5) is 5.82 Å². The lowest BCUT2D eigenvalue weighted by Crippen LogP contribution is -2.55. The van der Waals surface area contributed by atoms with Gasteiger partial charge < -0.3 is 15.0 Å². The molecule has 0 aromatic carbocycles. The number of rotatable bonds is 3. The first-order valence-corrected chi connectivity index (χ1v) is 7.24. The molecule has 19 heavy (non-hydrogen) atoms. The van der Waals surface area contributed by atoms with E-state index < -0.39 is 0 Å². The largest absolute Gasteiger partial charge is 0.380 e. The highest BCUT2D eigenvalue weighted by Crippen LogP contribution is 2.34. The SMILES string of the molecule is CCc1nc2c(cc1COC)C[C@@H]1CNC[C@@H](C)N21. The Morgan fingerprint density at radius 3 is 3.05 bits per heavy atom. The first kappa shape index (κ1) is 12.9. The summed E-state index contributed by atoms with van der Waals surface area (Å²) in [5.41, 5.74) is 3.83. The minimum atomic E-state index is 0.533. The molecular formula is C15H23N3O. The van der Waals surface area contributed by atoms with Crippen LogP contribution in [0.5, 0.6) is 0 Å². The zero-order chi connectivity index (χ0) is 13.4. The molecule has 0 radical (unpaired) electrons. The van der Waals surface area contributed by atoms with Gasteiger partial charge in [-0.1, -0.05) is 6.92 Å². The standard InChI is InChI=1S/C15H23N3O/c1-4-14-12(9-19-3)5-11-6-13-8-16-7-10(2)18(13)15(11)17-14/h5,10,13,16H,4,6-9H2,1-3H3/t10-,13-/m1/s1. The normalized spacial score (nSPS) is 25.3. The fourth-order valence-electron chi connectivity index (χ4n) is 3.41. The van der Waals surface area contributed by atoms with E-state index in [9.17, 15) is 0 Å². The maximum Gasteiger partial charge on any atom is 0.132 e. The molecule has 0 amide bonds. The van der Waals surface area contributed by atoms with Gasteiger partial charge in [-0.05, 0) is 37.0 Å². The fraction of sp³-hybridized carbons (Fsp3) is 0.667. The Hall–Kier alpha value is -1.13. The Balaban J connectivity index is 2.00. The van der Waals surface area contributed by atoms with E-state index >= 15 is 0 Å². The van der Waals surface area contributed by atoms with Gasteiger partial charge in [0.25, 0.3) is 0 Å². The van der Waals surface area contributed by atoms with E-state index in [1.165, 1.54) is 22.6 Å². The van der Waals surface area contributed by atoms with Gasteiger partial charge in [0.15, 0.2) is 0 Å². The molecule has 0 spiro atoms. The molecule has 0 aliphatic carbocycles. The summed E-state index contributed by atoms with van der Waals surface area (Å²) in [6.07, 6.45) is 2.08. The summed E-state index contributed by atoms with van der Waals surface area (Å²) in [6.45, 7) is 7.24. The monoisotopic (exact) mass is 261 g/mol. The number of nitrogens with one attached hydrogen (secondary N) is 1. The van der Waals surface area contributed by atoms with Crippen molar-refractivity contribution in [3.05, 3.63) is 22.9 Å². The van der Waals surface area contributed by atoms with E-state index in [0.29, 0.717) is 18.7 Å². The number of piperazine rings is 1. The summed E-state index contributed by atoms with van der Waals surface area (Å²) in [6, 6.07) is 3.43. The Morgan fingerprint density at radius 1 is 1.47 bits per heavy atom. The number of hydrogen-bond donors (Lipinski definition) is 1. The molecule has 1 aromatic rings. The zero-order valence-corrected chi connectivity index (χ0v) is 12.1. The lowest BCUT2D eigenvalue weighted by molar-refractivity contribution is 0.183. The van der Waals surface area contributed by atoms with Crippen LogP contribution in [-0.4, -0.2) is 37.3 Å². The minimum absolute atomic E-state index is 0.533. The average Bonchev–Trinajstić information content (AvgIpc) is 2.76. The number of ether oxygens (including phenoxy) is 1. The molecule has 3 heterocycles. The van der Waals surface area contributed by atoms with Gasteiger partial charge in [-0.25, -0.2) is 4.98 Å². The van der Waals surface area contributed by atoms with E-state index in [1.54, 1.807) is 7.11 Å². The van der Waals surface area contributed by atoms with Crippen molar-refractivity contribution in [2.75, 3.05) is 25.1 Å². The molecule has 2 aliphatic rings. The maximum atomic E-state index is 5.30. The van der Waals surface area contributed by atoms with Crippen molar-refractivity contribution in [3.8, 4) is 0 Å². The molecule has 0 saturated carbocycles. The third kappa shape index (κ3) is 2.13. The smallest absolute Gasteiger partial charge is 0.132 e. The second-order valence-corrected chi connectivity index (χ2v) is 5.64. The average molecular weight is 261 g/mol. The van der Waals surface area contributed by atoms with E-state index in [0.717, 1.165) is 25.9 Å². The van der Waals surface area contributed by atoms with Crippen LogP contribution in [0.2, 0.25) is 0 Å². The summed E-state index contributed by atoms with van der Waals surface area (Å²) < 4.78 is 5.30. The van der Waals surface area contributed by atoms with E-state index in [1.807, 2.05) is 0 Å². The number of methoxy groups -OCH3 is 1. The molecule has 2 aliphatic heterocycles. The molecule has 1 N–H and O–H groups in total. The Bertz CT molecular complexity index is 475. The molecule has 1 aromatic heterocycles. The molecule has 1 saturated heterocycles. The summed E-state index contributed by atoms with van der Waals surface area (Å²) in [5.74, 6) is 1.22. The molecule has 2 atom stereocenters. The van der Waals surface area contributed by atoms with Crippen LogP contribution in [0, 0.1) is 0 Å². The summed E-state index contributed by atoms with van der Waals surface area (Å²) in [4.78, 5) is 7.46. The second-order valence-electron chi connectivity index (χ2n) is 5.64. The van der Waals surface area contributed by atoms with Crippen molar-refractivity contribution in [2.24, 2.45) is 0 Å². The van der Waals surface area contributed by atoms with Crippen LogP contribution in [-0.2, 0) is 24.2 Å². The molecular weight excluding hydrogens is 238 g/mol. The lowest BCUT2D eigenvalue weighted by atomic mass is 10.1. The van der Waals surface area contributed by atoms with Gasteiger partial charge in [0.05, 0.1) is 6.61 Å². The molecule has 104 valence electrons. The predicted molar refractivity (Wildman–Crippen MR) is 76.6 cm³/mol.